The maximum atomic E-state index is 13.8. The van der Waals surface area contributed by atoms with Crippen LogP contribution in [0, 0.1) is 0 Å². The summed E-state index contributed by atoms with van der Waals surface area (Å²) in [6, 6.07) is 21.1. The maximum absolute atomic E-state index is 13.8. The van der Waals surface area contributed by atoms with Crippen molar-refractivity contribution in [2.75, 3.05) is 6.61 Å². The summed E-state index contributed by atoms with van der Waals surface area (Å²) in [6.45, 7) is 1.84. The Balaban J connectivity index is 1.43. The molecule has 3 aromatic rings. The van der Waals surface area contributed by atoms with Gasteiger partial charge >= 0.3 is 5.97 Å². The molecule has 192 valence electrons. The first kappa shape index (κ1) is 25.1. The Kier molecular flexibility index (Phi) is 7.13. The fourth-order valence-corrected chi connectivity index (χ4v) is 4.97. The lowest BCUT2D eigenvalue weighted by Gasteiger charge is -2.28. The van der Waals surface area contributed by atoms with Crippen molar-refractivity contribution < 1.29 is 23.9 Å². The summed E-state index contributed by atoms with van der Waals surface area (Å²) in [7, 11) is 0. The molecular weight excluding hydrogens is 482 g/mol. The molecule has 0 bridgehead atoms. The fourth-order valence-electron chi connectivity index (χ4n) is 4.97. The van der Waals surface area contributed by atoms with Crippen LogP contribution < -0.4 is 5.32 Å². The molecule has 3 aromatic carbocycles. The average molecular weight is 510 g/mol. The van der Waals surface area contributed by atoms with Crippen LogP contribution in [0.25, 0.3) is 0 Å². The fraction of sp³-hybridized carbons (Fsp3) is 0.233. The number of para-hydroxylation sites is 1. The molecule has 0 aliphatic carbocycles. The van der Waals surface area contributed by atoms with Gasteiger partial charge in [0.05, 0.1) is 23.4 Å². The summed E-state index contributed by atoms with van der Waals surface area (Å²) in [5.74, 6) is -2.46. The number of aliphatic imine (C=N–C) groups is 1. The Morgan fingerprint density at radius 3 is 2.24 bits per heavy atom. The van der Waals surface area contributed by atoms with Crippen LogP contribution in [0.5, 0.6) is 0 Å². The number of carbonyl (C=O) groups excluding carboxylic acids is 4. The molecule has 3 amide bonds. The van der Waals surface area contributed by atoms with Gasteiger partial charge in [0.25, 0.3) is 11.8 Å². The van der Waals surface area contributed by atoms with Crippen molar-refractivity contribution in [1.82, 2.24) is 10.2 Å². The first-order valence-electron chi connectivity index (χ1n) is 12.6. The molecule has 5 rings (SSSR count). The van der Waals surface area contributed by atoms with E-state index in [1.807, 2.05) is 54.6 Å². The van der Waals surface area contributed by atoms with Gasteiger partial charge in [-0.3, -0.25) is 24.3 Å². The minimum absolute atomic E-state index is 0.0986. The molecule has 0 radical (unpaired) electrons. The SMILES string of the molecule is CCOC(=O)C(CC1C=Nc2ccccc21)NC(=O)C(Cc1ccccc1)N1C(=O)c2ccccc2C1=O. The highest BCUT2D eigenvalue weighted by molar-refractivity contribution is 6.23. The third-order valence-corrected chi connectivity index (χ3v) is 6.82. The first-order valence-corrected chi connectivity index (χ1v) is 12.6. The number of rotatable bonds is 9. The number of esters is 1. The van der Waals surface area contributed by atoms with Crippen LogP contribution in [-0.4, -0.2) is 53.5 Å². The molecule has 1 N–H and O–H groups in total. The van der Waals surface area contributed by atoms with Gasteiger partial charge in [0.1, 0.15) is 12.1 Å². The highest BCUT2D eigenvalue weighted by Gasteiger charge is 2.43. The van der Waals surface area contributed by atoms with Crippen LogP contribution in [0.1, 0.15) is 51.1 Å². The monoisotopic (exact) mass is 509 g/mol. The molecule has 38 heavy (non-hydrogen) atoms. The summed E-state index contributed by atoms with van der Waals surface area (Å²) in [4.78, 5) is 58.8. The second-order valence-electron chi connectivity index (χ2n) is 9.22. The van der Waals surface area contributed by atoms with Gasteiger partial charge in [-0.1, -0.05) is 60.7 Å². The van der Waals surface area contributed by atoms with Crippen molar-refractivity contribution in [3.05, 3.63) is 101 Å². The zero-order chi connectivity index (χ0) is 26.6. The number of benzene rings is 3. The topological polar surface area (TPSA) is 105 Å². The number of hydrogen-bond acceptors (Lipinski definition) is 6. The summed E-state index contributed by atoms with van der Waals surface area (Å²) in [6.07, 6.45) is 2.08. The van der Waals surface area contributed by atoms with Crippen LogP contribution in [-0.2, 0) is 20.7 Å². The molecule has 8 heteroatoms. The smallest absolute Gasteiger partial charge is 0.328 e. The Bertz CT molecular complexity index is 1380. The largest absolute Gasteiger partial charge is 0.464 e. The number of carbonyl (C=O) groups is 4. The van der Waals surface area contributed by atoms with Gasteiger partial charge in [-0.05, 0) is 42.7 Å². The van der Waals surface area contributed by atoms with E-state index in [0.717, 1.165) is 21.7 Å². The van der Waals surface area contributed by atoms with Crippen molar-refractivity contribution in [1.29, 1.82) is 0 Å². The predicted octanol–water partition coefficient (Wildman–Crippen LogP) is 3.83. The van der Waals surface area contributed by atoms with E-state index in [4.69, 9.17) is 4.74 Å². The molecule has 0 fully saturated rings. The van der Waals surface area contributed by atoms with E-state index in [9.17, 15) is 19.2 Å². The lowest BCUT2D eigenvalue weighted by molar-refractivity contribution is -0.148. The third kappa shape index (κ3) is 4.85. The number of nitrogens with one attached hydrogen (secondary N) is 1. The molecule has 0 saturated carbocycles. The molecule has 2 aliphatic rings. The zero-order valence-corrected chi connectivity index (χ0v) is 20.9. The van der Waals surface area contributed by atoms with Crippen LogP contribution in [0.2, 0.25) is 0 Å². The maximum Gasteiger partial charge on any atom is 0.328 e. The van der Waals surface area contributed by atoms with E-state index >= 15 is 0 Å². The van der Waals surface area contributed by atoms with E-state index in [1.165, 1.54) is 0 Å². The minimum Gasteiger partial charge on any atom is -0.464 e. The Morgan fingerprint density at radius 1 is 0.921 bits per heavy atom. The Morgan fingerprint density at radius 2 is 1.55 bits per heavy atom. The lowest BCUT2D eigenvalue weighted by Crippen LogP contribution is -2.54. The minimum atomic E-state index is -1.16. The first-order chi connectivity index (χ1) is 18.5. The van der Waals surface area contributed by atoms with Crippen LogP contribution in [0.3, 0.4) is 0 Å². The van der Waals surface area contributed by atoms with E-state index in [-0.39, 0.29) is 36.5 Å². The van der Waals surface area contributed by atoms with Gasteiger partial charge in [0.2, 0.25) is 5.91 Å². The number of nitrogens with zero attached hydrogens (tertiary/aromatic N) is 2. The molecule has 8 nitrogen and oxygen atoms in total. The molecule has 2 heterocycles. The molecule has 3 unspecified atom stereocenters. The van der Waals surface area contributed by atoms with Gasteiger partial charge in [0, 0.05) is 18.6 Å². The molecule has 0 spiro atoms. The second kappa shape index (κ2) is 10.8. The number of fused-ring (bicyclic) bond motifs is 2. The van der Waals surface area contributed by atoms with E-state index in [0.29, 0.717) is 0 Å². The third-order valence-electron chi connectivity index (χ3n) is 6.82. The van der Waals surface area contributed by atoms with Crippen molar-refractivity contribution >= 4 is 35.6 Å². The number of ether oxygens (including phenoxy) is 1. The standard InChI is InChI=1S/C30H27N3O5/c1-2-38-30(37)25(17-20-18-31-24-15-9-8-12-21(20)24)32-27(34)26(16-19-10-4-3-5-11-19)33-28(35)22-13-6-7-14-23(22)29(33)36/h3-15,18,20,25-26H,2,16-17H2,1H3,(H,32,34). The lowest BCUT2D eigenvalue weighted by atomic mass is 9.93. The van der Waals surface area contributed by atoms with E-state index in [2.05, 4.69) is 10.3 Å². The van der Waals surface area contributed by atoms with Crippen molar-refractivity contribution in [2.24, 2.45) is 4.99 Å². The van der Waals surface area contributed by atoms with Crippen molar-refractivity contribution in [3.63, 3.8) is 0 Å². The van der Waals surface area contributed by atoms with Crippen molar-refractivity contribution in [3.8, 4) is 0 Å². The summed E-state index contributed by atoms with van der Waals surface area (Å²) in [5.41, 5.74) is 3.05. The van der Waals surface area contributed by atoms with Gasteiger partial charge in [-0.2, -0.15) is 0 Å². The Hall–Kier alpha value is -4.59. The van der Waals surface area contributed by atoms with Gasteiger partial charge in [0.15, 0.2) is 0 Å². The molecule has 2 aliphatic heterocycles. The van der Waals surface area contributed by atoms with Crippen LogP contribution in [0.15, 0.2) is 83.9 Å². The number of imide groups is 1. The Labute approximate surface area is 220 Å². The number of hydrogen-bond donors (Lipinski definition) is 1. The normalized spacial score (nSPS) is 17.1. The molecule has 0 aromatic heterocycles. The second-order valence-corrected chi connectivity index (χ2v) is 9.22. The van der Waals surface area contributed by atoms with E-state index < -0.39 is 35.8 Å². The molecule has 0 saturated heterocycles. The predicted molar refractivity (Wildman–Crippen MR) is 141 cm³/mol. The zero-order valence-electron chi connectivity index (χ0n) is 20.9. The van der Waals surface area contributed by atoms with E-state index in [1.54, 1.807) is 37.4 Å². The highest BCUT2D eigenvalue weighted by atomic mass is 16.5. The van der Waals surface area contributed by atoms with Gasteiger partial charge in [-0.15, -0.1) is 0 Å². The van der Waals surface area contributed by atoms with Crippen LogP contribution >= 0.6 is 0 Å². The summed E-state index contributed by atoms with van der Waals surface area (Å²) >= 11 is 0. The summed E-state index contributed by atoms with van der Waals surface area (Å²) < 4.78 is 5.27. The van der Waals surface area contributed by atoms with Gasteiger partial charge in [-0.25, -0.2) is 4.79 Å². The number of amides is 3. The average Bonchev–Trinajstić information content (AvgIpc) is 3.46. The highest BCUT2D eigenvalue weighted by Crippen LogP contribution is 2.34. The summed E-state index contributed by atoms with van der Waals surface area (Å²) in [5, 5.41) is 2.80. The molecule has 3 atom stereocenters. The molecular formula is C30H27N3O5. The quantitative estimate of drug-likeness (QED) is 0.349. The van der Waals surface area contributed by atoms with Crippen LogP contribution in [0.4, 0.5) is 5.69 Å². The van der Waals surface area contributed by atoms with Gasteiger partial charge < -0.3 is 10.1 Å². The van der Waals surface area contributed by atoms with Crippen molar-refractivity contribution in [2.45, 2.75) is 37.8 Å².